The lowest BCUT2D eigenvalue weighted by atomic mass is 9.95. The van der Waals surface area contributed by atoms with E-state index < -0.39 is 0 Å². The summed E-state index contributed by atoms with van der Waals surface area (Å²) in [6.07, 6.45) is 2.82. The Kier molecular flexibility index (Phi) is 4.26. The summed E-state index contributed by atoms with van der Waals surface area (Å²) >= 11 is 0. The average molecular weight is 282 g/mol. The zero-order valence-electron chi connectivity index (χ0n) is 12.2. The minimum atomic E-state index is 1.00. The Bertz CT molecular complexity index is 769. The van der Waals surface area contributed by atoms with Gasteiger partial charge in [0.1, 0.15) is 0 Å². The first-order chi connectivity index (χ1) is 10.9. The third kappa shape index (κ3) is 3.04. The molecule has 1 heteroatoms. The van der Waals surface area contributed by atoms with Crippen molar-refractivity contribution in [2.75, 3.05) is 0 Å². The van der Waals surface area contributed by atoms with Crippen LogP contribution in [0.25, 0.3) is 16.7 Å². The van der Waals surface area contributed by atoms with Crippen LogP contribution in [0.1, 0.15) is 11.1 Å². The second kappa shape index (κ2) is 6.68. The average Bonchev–Trinajstić information content (AvgIpc) is 2.61. The highest BCUT2D eigenvalue weighted by atomic mass is 14.3. The number of hydrogen-bond donors (Lipinski definition) is 0. The van der Waals surface area contributed by atoms with Gasteiger partial charge in [0.2, 0.25) is 0 Å². The highest BCUT2D eigenvalue weighted by molar-refractivity contribution is 5.91. The Hall–Kier alpha value is -2.93. The van der Waals surface area contributed by atoms with Gasteiger partial charge in [0.05, 0.1) is 6.21 Å². The van der Waals surface area contributed by atoms with E-state index in [0.717, 1.165) is 22.9 Å². The van der Waals surface area contributed by atoms with E-state index in [9.17, 15) is 5.41 Å². The molecule has 3 aromatic rings. The standard InChI is InChI=1S/C21H16N/c22-16-15-21(19-9-5-2-6-10-19)20-13-11-18(12-14-20)17-7-3-1-4-8-17/h1-16H/b21-15-. The molecule has 1 radical (unpaired) electrons. The van der Waals surface area contributed by atoms with Crippen LogP contribution in [-0.2, 0) is 0 Å². The first kappa shape index (κ1) is 14.0. The van der Waals surface area contributed by atoms with E-state index in [1.807, 2.05) is 48.5 Å². The molecule has 0 aliphatic rings. The molecule has 105 valence electrons. The van der Waals surface area contributed by atoms with E-state index in [0.29, 0.717) is 0 Å². The fourth-order valence-corrected chi connectivity index (χ4v) is 2.52. The highest BCUT2D eigenvalue weighted by Gasteiger charge is 2.05. The van der Waals surface area contributed by atoms with E-state index in [4.69, 9.17) is 0 Å². The third-order valence-corrected chi connectivity index (χ3v) is 3.63. The third-order valence-electron chi connectivity index (χ3n) is 3.63. The van der Waals surface area contributed by atoms with Crippen LogP contribution in [0, 0.1) is 0 Å². The van der Waals surface area contributed by atoms with Crippen LogP contribution in [0.15, 0.2) is 91.0 Å². The molecule has 0 heterocycles. The fraction of sp³-hybridized carbons (Fsp3) is 0. The van der Waals surface area contributed by atoms with Gasteiger partial charge in [-0.3, -0.25) is 0 Å². The molecular formula is C21H16N. The van der Waals surface area contributed by atoms with Gasteiger partial charge in [-0.2, -0.15) is 5.41 Å². The SMILES string of the molecule is [N]=C/C=C(/c1ccccc1)c1ccc(-c2ccccc2)cc1. The van der Waals surface area contributed by atoms with E-state index in [1.165, 1.54) is 11.1 Å². The molecule has 0 unspecified atom stereocenters. The first-order valence-electron chi connectivity index (χ1n) is 7.27. The van der Waals surface area contributed by atoms with Crippen LogP contribution < -0.4 is 5.41 Å². The molecule has 0 bridgehead atoms. The summed E-state index contributed by atoms with van der Waals surface area (Å²) in [5, 5.41) is 9.19. The summed E-state index contributed by atoms with van der Waals surface area (Å²) in [5.74, 6) is 0. The molecule has 0 N–H and O–H groups in total. The lowest BCUT2D eigenvalue weighted by Crippen LogP contribution is -1.89. The van der Waals surface area contributed by atoms with Crippen molar-refractivity contribution in [3.05, 3.63) is 102 Å². The normalized spacial score (nSPS) is 11.2. The van der Waals surface area contributed by atoms with Crippen molar-refractivity contribution in [3.63, 3.8) is 0 Å². The zero-order chi connectivity index (χ0) is 15.2. The topological polar surface area (TPSA) is 22.3 Å². The zero-order valence-corrected chi connectivity index (χ0v) is 12.2. The maximum absolute atomic E-state index is 9.19. The van der Waals surface area contributed by atoms with Crippen LogP contribution >= 0.6 is 0 Å². The maximum atomic E-state index is 9.19. The van der Waals surface area contributed by atoms with Crippen LogP contribution in [0.2, 0.25) is 0 Å². The molecule has 0 spiro atoms. The molecule has 3 rings (SSSR count). The minimum Gasteiger partial charge on any atom is -0.159 e. The van der Waals surface area contributed by atoms with Crippen LogP contribution in [-0.4, -0.2) is 6.21 Å². The number of nitrogens with zero attached hydrogens (tertiary/aromatic N) is 1. The predicted molar refractivity (Wildman–Crippen MR) is 93.6 cm³/mol. The molecule has 0 aromatic heterocycles. The van der Waals surface area contributed by atoms with Gasteiger partial charge in [-0.25, -0.2) is 0 Å². The van der Waals surface area contributed by atoms with Crippen molar-refractivity contribution in [2.45, 2.75) is 0 Å². The van der Waals surface area contributed by atoms with Crippen molar-refractivity contribution in [1.82, 2.24) is 5.41 Å². The van der Waals surface area contributed by atoms with Crippen molar-refractivity contribution in [2.24, 2.45) is 0 Å². The second-order valence-corrected chi connectivity index (χ2v) is 5.04. The number of allylic oxidation sites excluding steroid dienone is 1. The van der Waals surface area contributed by atoms with Gasteiger partial charge in [-0.05, 0) is 33.9 Å². The Morgan fingerprint density at radius 2 is 1.09 bits per heavy atom. The lowest BCUT2D eigenvalue weighted by Gasteiger charge is -2.09. The highest BCUT2D eigenvalue weighted by Crippen LogP contribution is 2.26. The quantitative estimate of drug-likeness (QED) is 0.621. The molecule has 22 heavy (non-hydrogen) atoms. The second-order valence-electron chi connectivity index (χ2n) is 5.04. The number of benzene rings is 3. The van der Waals surface area contributed by atoms with Gasteiger partial charge in [-0.1, -0.05) is 84.9 Å². The molecule has 3 aromatic carbocycles. The van der Waals surface area contributed by atoms with Gasteiger partial charge in [0, 0.05) is 0 Å². The van der Waals surface area contributed by atoms with Crippen molar-refractivity contribution < 1.29 is 0 Å². The van der Waals surface area contributed by atoms with Gasteiger partial charge >= 0.3 is 0 Å². The fourth-order valence-electron chi connectivity index (χ4n) is 2.52. The summed E-state index contributed by atoms with van der Waals surface area (Å²) in [7, 11) is 0. The molecular weight excluding hydrogens is 266 g/mol. The van der Waals surface area contributed by atoms with Gasteiger partial charge in [0.15, 0.2) is 0 Å². The van der Waals surface area contributed by atoms with Gasteiger partial charge in [-0.15, -0.1) is 0 Å². The van der Waals surface area contributed by atoms with Crippen LogP contribution in [0.4, 0.5) is 0 Å². The largest absolute Gasteiger partial charge is 0.159 e. The summed E-state index contributed by atoms with van der Waals surface area (Å²) in [6, 6.07) is 28.8. The molecule has 0 amide bonds. The monoisotopic (exact) mass is 282 g/mol. The molecule has 0 atom stereocenters. The van der Waals surface area contributed by atoms with E-state index >= 15 is 0 Å². The van der Waals surface area contributed by atoms with Crippen molar-refractivity contribution in [3.8, 4) is 11.1 Å². The lowest BCUT2D eigenvalue weighted by molar-refractivity contribution is 1.54. The Morgan fingerprint density at radius 1 is 0.591 bits per heavy atom. The number of hydrogen-bond acceptors (Lipinski definition) is 0. The molecule has 0 aliphatic heterocycles. The first-order valence-corrected chi connectivity index (χ1v) is 7.27. The Balaban J connectivity index is 1.97. The van der Waals surface area contributed by atoms with E-state index in [-0.39, 0.29) is 0 Å². The summed E-state index contributed by atoms with van der Waals surface area (Å²) in [6.45, 7) is 0. The van der Waals surface area contributed by atoms with Crippen LogP contribution in [0.5, 0.6) is 0 Å². The Labute approximate surface area is 131 Å². The van der Waals surface area contributed by atoms with Gasteiger partial charge < -0.3 is 0 Å². The molecule has 1 nitrogen and oxygen atoms in total. The molecule has 0 saturated carbocycles. The van der Waals surface area contributed by atoms with E-state index in [2.05, 4.69) is 36.4 Å². The smallest absolute Gasteiger partial charge is 0.0502 e. The summed E-state index contributed by atoms with van der Waals surface area (Å²) in [4.78, 5) is 0. The van der Waals surface area contributed by atoms with E-state index in [1.54, 1.807) is 6.08 Å². The van der Waals surface area contributed by atoms with Crippen molar-refractivity contribution >= 4 is 11.8 Å². The summed E-state index contributed by atoms with van der Waals surface area (Å²) in [5.41, 5.74) is 5.55. The molecule has 0 saturated heterocycles. The maximum Gasteiger partial charge on any atom is 0.0502 e. The molecule has 0 aliphatic carbocycles. The Morgan fingerprint density at radius 3 is 1.68 bits per heavy atom. The van der Waals surface area contributed by atoms with Crippen molar-refractivity contribution in [1.29, 1.82) is 0 Å². The number of rotatable bonds is 4. The summed E-state index contributed by atoms with van der Waals surface area (Å²) < 4.78 is 0. The predicted octanol–water partition coefficient (Wildman–Crippen LogP) is 4.66. The molecule has 0 fully saturated rings. The minimum absolute atomic E-state index is 1.00. The van der Waals surface area contributed by atoms with Gasteiger partial charge in [0.25, 0.3) is 0 Å². The van der Waals surface area contributed by atoms with Crippen LogP contribution in [0.3, 0.4) is 0 Å².